The van der Waals surface area contributed by atoms with Gasteiger partial charge in [-0.15, -0.1) is 0 Å². The lowest BCUT2D eigenvalue weighted by Gasteiger charge is -2.18. The van der Waals surface area contributed by atoms with Crippen molar-refractivity contribution in [3.8, 4) is 0 Å². The molecule has 0 radical (unpaired) electrons. The molecule has 0 atom stereocenters. The molecule has 13 rings (SSSR count). The second-order valence-corrected chi connectivity index (χ2v) is 20.9. The van der Waals surface area contributed by atoms with Crippen LogP contribution in [0.1, 0.15) is 160 Å². The van der Waals surface area contributed by atoms with E-state index in [9.17, 15) is 0 Å². The molecule has 0 spiro atoms. The smallest absolute Gasteiger partial charge is 0.198 e. The number of pyridine rings is 4. The van der Waals surface area contributed by atoms with Crippen LogP contribution in [-0.2, 0) is 12.8 Å². The summed E-state index contributed by atoms with van der Waals surface area (Å²) in [5, 5.41) is 13.3. The van der Waals surface area contributed by atoms with Crippen LogP contribution >= 0.6 is 0 Å². The van der Waals surface area contributed by atoms with Gasteiger partial charge in [0.1, 0.15) is 0 Å². The van der Waals surface area contributed by atoms with Crippen LogP contribution in [0.2, 0.25) is 0 Å². The fraction of sp³-hybridized carbons (Fsp3) is 0.303. The minimum Gasteiger partial charge on any atom is -0.306 e. The minimum atomic E-state index is -0.0643. The van der Waals surface area contributed by atoms with E-state index in [0.717, 1.165) is 102 Å². The van der Waals surface area contributed by atoms with Crippen molar-refractivity contribution in [2.45, 2.75) is 129 Å². The van der Waals surface area contributed by atoms with E-state index in [1.165, 1.54) is 123 Å². The van der Waals surface area contributed by atoms with Gasteiger partial charge in [-0.1, -0.05) is 201 Å². The number of aromatic nitrogens is 2. The predicted molar refractivity (Wildman–Crippen MR) is 297 cm³/mol. The Labute approximate surface area is 409 Å². The fourth-order valence-corrected chi connectivity index (χ4v) is 13.4. The summed E-state index contributed by atoms with van der Waals surface area (Å²) in [5.41, 5.74) is 10.4. The molecule has 0 N–H and O–H groups in total. The molecule has 6 aromatic carbocycles. The number of hydrogen-bond acceptors (Lipinski definition) is 2. The monoisotopic (exact) mass is 914 g/mol. The molecule has 6 aromatic heterocycles. The lowest BCUT2D eigenvalue weighted by Crippen LogP contribution is -2.18. The molecule has 0 fully saturated rings. The Bertz CT molecular complexity index is 3540. The number of fused-ring (bicyclic) bond motifs is 18. The maximum Gasteiger partial charge on any atom is 0.198 e. The first-order chi connectivity index (χ1) is 34.6. The molecule has 6 heterocycles. The first kappa shape index (κ1) is 43.3. The molecule has 70 heavy (non-hydrogen) atoms. The van der Waals surface area contributed by atoms with Crippen LogP contribution < -0.4 is 0 Å². The van der Waals surface area contributed by atoms with Gasteiger partial charge in [-0.05, 0) is 82.6 Å². The van der Waals surface area contributed by atoms with Crippen molar-refractivity contribution in [2.75, 3.05) is 0 Å². The van der Waals surface area contributed by atoms with Gasteiger partial charge in [0, 0.05) is 43.1 Å². The number of rotatable bonds is 18. The van der Waals surface area contributed by atoms with Crippen molar-refractivity contribution < 1.29 is 9.59 Å². The highest BCUT2D eigenvalue weighted by Gasteiger charge is 2.42. The highest BCUT2D eigenvalue weighted by molar-refractivity contribution is 6.45. The molecule has 1 aliphatic carbocycles. The van der Waals surface area contributed by atoms with Gasteiger partial charge < -0.3 is 8.80 Å². The third kappa shape index (κ3) is 6.47. The third-order valence-electron chi connectivity index (χ3n) is 16.6. The zero-order chi connectivity index (χ0) is 47.0. The molecule has 0 saturated heterocycles. The summed E-state index contributed by atoms with van der Waals surface area (Å²) < 4.78 is 4.66. The second-order valence-electron chi connectivity index (χ2n) is 20.9. The molecule has 0 saturated carbocycles. The minimum absolute atomic E-state index is 0.0643. The van der Waals surface area contributed by atoms with Crippen molar-refractivity contribution in [3.05, 3.63) is 155 Å². The van der Waals surface area contributed by atoms with Crippen molar-refractivity contribution >= 4 is 109 Å². The van der Waals surface area contributed by atoms with Crippen LogP contribution in [0.4, 0.5) is 0 Å². The van der Waals surface area contributed by atoms with E-state index in [2.05, 4.69) is 144 Å². The van der Waals surface area contributed by atoms with E-state index in [0.29, 0.717) is 22.3 Å². The predicted octanol–water partition coefficient (Wildman–Crippen LogP) is 18.4. The summed E-state index contributed by atoms with van der Waals surface area (Å²) in [6, 6.07) is 44.1. The summed E-state index contributed by atoms with van der Waals surface area (Å²) in [5.74, 6) is -0.129. The maximum absolute atomic E-state index is 16.4. The maximum atomic E-state index is 16.4. The zero-order valence-corrected chi connectivity index (χ0v) is 41.0. The number of aryl methyl sites for hydroxylation is 2. The average molecular weight is 915 g/mol. The number of unbranched alkanes of at least 4 members (excludes halogenated alkanes) is 14. The van der Waals surface area contributed by atoms with Gasteiger partial charge in [-0.3, -0.25) is 9.59 Å². The summed E-state index contributed by atoms with van der Waals surface area (Å²) in [6.45, 7) is 4.57. The Hall–Kier alpha value is -6.78. The van der Waals surface area contributed by atoms with Crippen molar-refractivity contribution in [1.82, 2.24) is 8.80 Å². The quantitative estimate of drug-likeness (QED) is 0.0489. The van der Waals surface area contributed by atoms with E-state index in [1.807, 2.05) is 0 Å². The van der Waals surface area contributed by atoms with Crippen molar-refractivity contribution in [2.24, 2.45) is 0 Å². The Morgan fingerprint density at radius 3 is 0.800 bits per heavy atom. The normalized spacial score (nSPS) is 13.2. The van der Waals surface area contributed by atoms with E-state index >= 15 is 9.59 Å². The summed E-state index contributed by atoms with van der Waals surface area (Å²) in [7, 11) is 0. The zero-order valence-electron chi connectivity index (χ0n) is 41.0. The largest absolute Gasteiger partial charge is 0.306 e. The van der Waals surface area contributed by atoms with Crippen LogP contribution in [0, 0.1) is 0 Å². The Kier molecular flexibility index (Phi) is 10.9. The van der Waals surface area contributed by atoms with E-state index in [1.54, 1.807) is 0 Å². The van der Waals surface area contributed by atoms with Crippen LogP contribution in [0.15, 0.2) is 121 Å². The molecule has 0 amide bonds. The van der Waals surface area contributed by atoms with Gasteiger partial charge in [0.05, 0.1) is 55.4 Å². The van der Waals surface area contributed by atoms with E-state index in [4.69, 9.17) is 0 Å². The van der Waals surface area contributed by atoms with Gasteiger partial charge >= 0.3 is 0 Å². The summed E-state index contributed by atoms with van der Waals surface area (Å²) in [6.07, 6.45) is 22.7. The highest BCUT2D eigenvalue weighted by atomic mass is 16.1. The van der Waals surface area contributed by atoms with Gasteiger partial charge in [-0.25, -0.2) is 0 Å². The number of carbonyl (C=O) groups excluding carboxylic acids is 2. The molecular formula is C66H62N2O2. The Morgan fingerprint density at radius 2 is 0.529 bits per heavy atom. The van der Waals surface area contributed by atoms with Gasteiger partial charge in [0.15, 0.2) is 11.6 Å². The number of hydrogen-bond donors (Lipinski definition) is 0. The lowest BCUT2D eigenvalue weighted by atomic mass is 9.84. The summed E-state index contributed by atoms with van der Waals surface area (Å²) in [4.78, 5) is 32.8. The number of nitrogens with zero attached hydrogens (tertiary/aromatic N) is 2. The molecule has 0 unspecified atom stereocenters. The molecule has 12 aromatic rings. The van der Waals surface area contributed by atoms with Crippen molar-refractivity contribution in [3.63, 3.8) is 0 Å². The van der Waals surface area contributed by atoms with Crippen LogP contribution in [-0.4, -0.2) is 20.4 Å². The standard InChI is InChI=1S/C66H62N2O2/c1-3-5-7-9-11-13-15-17-27-41-37-51-43-29-19-23-33-47(43)61-55-56(62-48-34-24-20-30-44(48)52(38-41)59(51)67(61)62)66(70)58-57(65(55)69)63-49-35-25-21-31-45(49)53-39-42(28-18-16-14-12-10-8-6-4-2)40-54-46-32-22-26-36-50(46)64(58)68(63)60(53)54/h19-26,29-40H,3-18,27-28H2,1-2H3. The van der Waals surface area contributed by atoms with Crippen LogP contribution in [0.3, 0.4) is 0 Å². The highest BCUT2D eigenvalue weighted by Crippen LogP contribution is 2.51. The van der Waals surface area contributed by atoms with E-state index in [-0.39, 0.29) is 11.6 Å². The molecule has 4 heteroatoms. The van der Waals surface area contributed by atoms with Crippen molar-refractivity contribution in [1.29, 1.82) is 0 Å². The first-order valence-electron chi connectivity index (χ1n) is 27.0. The average Bonchev–Trinajstić information content (AvgIpc) is 3.96. The number of carbonyl (C=O) groups is 2. The Morgan fingerprint density at radius 1 is 0.286 bits per heavy atom. The second kappa shape index (κ2) is 17.6. The number of ketones is 2. The molecular weight excluding hydrogens is 853 g/mol. The van der Waals surface area contributed by atoms with Gasteiger partial charge in [0.25, 0.3) is 0 Å². The fourth-order valence-electron chi connectivity index (χ4n) is 13.4. The van der Waals surface area contributed by atoms with Crippen LogP contribution in [0.25, 0.3) is 97.7 Å². The van der Waals surface area contributed by atoms with Gasteiger partial charge in [0.2, 0.25) is 0 Å². The molecule has 1 aliphatic rings. The van der Waals surface area contributed by atoms with Crippen LogP contribution in [0.5, 0.6) is 0 Å². The first-order valence-corrected chi connectivity index (χ1v) is 27.0. The lowest BCUT2D eigenvalue weighted by molar-refractivity contribution is 0.0985. The van der Waals surface area contributed by atoms with E-state index < -0.39 is 0 Å². The topological polar surface area (TPSA) is 43.0 Å². The van der Waals surface area contributed by atoms with Gasteiger partial charge in [-0.2, -0.15) is 0 Å². The molecule has 0 bridgehead atoms. The SMILES string of the molecule is CCCCCCCCCCc1cc2c3ccccc3c3c4c(c5c6ccccc6c(c1)c2n35)C(=O)c1c(c2c3ccccc3c3cc(CCCCCCCCCC)cc5c6ccccc6c1n2c35)C4=O. The number of benzene rings is 6. The Balaban J connectivity index is 1.03. The summed E-state index contributed by atoms with van der Waals surface area (Å²) >= 11 is 0. The third-order valence-corrected chi connectivity index (χ3v) is 16.6. The molecule has 4 nitrogen and oxygen atoms in total. The molecule has 0 aliphatic heterocycles. The molecule has 348 valence electrons.